The first kappa shape index (κ1) is 26.3. The van der Waals surface area contributed by atoms with Crippen LogP contribution in [-0.2, 0) is 9.53 Å². The lowest BCUT2D eigenvalue weighted by Crippen LogP contribution is -2.49. The maximum absolute atomic E-state index is 13.2. The molecule has 0 bridgehead atoms. The molecule has 0 aliphatic carbocycles. The number of hydrogen-bond donors (Lipinski definition) is 2. The molecule has 0 spiro atoms. The maximum atomic E-state index is 13.2. The Hall–Kier alpha value is -3.27. The van der Waals surface area contributed by atoms with Crippen LogP contribution < -0.4 is 15.4 Å². The minimum atomic E-state index is -0.640. The topological polar surface area (TPSA) is 103 Å². The number of carbonyl (C=O) groups excluding carboxylic acids is 3. The Labute approximate surface area is 207 Å². The number of likely N-dealkylation sites (N-methyl/N-ethyl adjacent to an activating group) is 1. The summed E-state index contributed by atoms with van der Waals surface area (Å²) in [5, 5.41) is 5.88. The highest BCUT2D eigenvalue weighted by molar-refractivity contribution is 5.95. The molecule has 0 saturated carbocycles. The Balaban J connectivity index is 1.89. The molecule has 2 aliphatic rings. The molecule has 0 unspecified atom stereocenters. The van der Waals surface area contributed by atoms with Crippen molar-refractivity contribution < 1.29 is 23.9 Å². The maximum Gasteiger partial charge on any atom is 0.338 e. The Morgan fingerprint density at radius 2 is 1.86 bits per heavy atom. The van der Waals surface area contributed by atoms with Crippen molar-refractivity contribution in [3.8, 4) is 5.75 Å². The summed E-state index contributed by atoms with van der Waals surface area (Å²) in [6, 6.07) is 6.35. The number of nitrogens with zero attached hydrogens (tertiary/aromatic N) is 3. The lowest BCUT2D eigenvalue weighted by atomic mass is 9.94. The third-order valence-electron chi connectivity index (χ3n) is 6.18. The first-order valence-electron chi connectivity index (χ1n) is 12.1. The second kappa shape index (κ2) is 11.9. The summed E-state index contributed by atoms with van der Waals surface area (Å²) >= 11 is 0. The molecule has 10 heteroatoms. The van der Waals surface area contributed by atoms with Crippen LogP contribution in [0.2, 0.25) is 0 Å². The summed E-state index contributed by atoms with van der Waals surface area (Å²) in [5.41, 5.74) is 1.78. The van der Waals surface area contributed by atoms with Gasteiger partial charge in [0.15, 0.2) is 0 Å². The van der Waals surface area contributed by atoms with Gasteiger partial charge in [0.25, 0.3) is 0 Å². The first-order chi connectivity index (χ1) is 16.7. The van der Waals surface area contributed by atoms with Gasteiger partial charge in [0.1, 0.15) is 5.75 Å². The van der Waals surface area contributed by atoms with Crippen molar-refractivity contribution in [3.63, 3.8) is 0 Å². The number of amides is 4. The van der Waals surface area contributed by atoms with E-state index in [0.29, 0.717) is 43.2 Å². The predicted octanol–water partition coefficient (Wildman–Crippen LogP) is 2.33. The number of nitrogens with one attached hydrogen (secondary N) is 2. The molecule has 2 aliphatic heterocycles. The average molecular weight is 488 g/mol. The van der Waals surface area contributed by atoms with E-state index in [1.165, 1.54) is 4.90 Å². The van der Waals surface area contributed by atoms with Crippen LogP contribution in [0, 0.1) is 0 Å². The van der Waals surface area contributed by atoms with E-state index < -0.39 is 12.0 Å². The van der Waals surface area contributed by atoms with E-state index in [0.717, 1.165) is 18.5 Å². The summed E-state index contributed by atoms with van der Waals surface area (Å²) in [5.74, 6) is 0.230. The highest BCUT2D eigenvalue weighted by Gasteiger charge is 2.37. The van der Waals surface area contributed by atoms with Gasteiger partial charge in [0.05, 0.1) is 25.3 Å². The normalized spacial score (nSPS) is 19.4. The third kappa shape index (κ3) is 6.45. The van der Waals surface area contributed by atoms with Crippen LogP contribution in [0.25, 0.3) is 0 Å². The van der Waals surface area contributed by atoms with Crippen LogP contribution in [0.1, 0.15) is 38.8 Å². The molecule has 10 nitrogen and oxygen atoms in total. The standard InChI is InChI=1S/C25H37N5O5/c1-6-35-23(31)21-20(16-29-12-7-13-30(15-14-29)25(33)26-17(2)3)28(4)24(32)27-22(21)18-8-10-19(34-5)11-9-18/h8-11,17,22H,6-7,12-16H2,1-5H3,(H,26,33)(H,27,32)/t22-/m1/s1. The number of methoxy groups -OCH3 is 1. The van der Waals surface area contributed by atoms with E-state index in [-0.39, 0.29) is 24.7 Å². The van der Waals surface area contributed by atoms with Gasteiger partial charge in [-0.05, 0) is 44.9 Å². The van der Waals surface area contributed by atoms with E-state index >= 15 is 0 Å². The minimum Gasteiger partial charge on any atom is -0.497 e. The predicted molar refractivity (Wildman–Crippen MR) is 132 cm³/mol. The molecule has 35 heavy (non-hydrogen) atoms. The number of benzene rings is 1. The quantitative estimate of drug-likeness (QED) is 0.573. The summed E-state index contributed by atoms with van der Waals surface area (Å²) in [4.78, 5) is 44.0. The molecule has 1 atom stereocenters. The molecule has 0 aromatic heterocycles. The Bertz CT molecular complexity index is 946. The van der Waals surface area contributed by atoms with Crippen LogP contribution in [0.15, 0.2) is 35.5 Å². The van der Waals surface area contributed by atoms with Crippen molar-refractivity contribution in [2.24, 2.45) is 0 Å². The minimum absolute atomic E-state index is 0.0676. The smallest absolute Gasteiger partial charge is 0.338 e. The summed E-state index contributed by atoms with van der Waals surface area (Å²) in [6.45, 7) is 8.86. The largest absolute Gasteiger partial charge is 0.497 e. The van der Waals surface area contributed by atoms with Gasteiger partial charge in [0, 0.05) is 51.5 Å². The third-order valence-corrected chi connectivity index (χ3v) is 6.18. The first-order valence-corrected chi connectivity index (χ1v) is 12.1. The zero-order valence-electron chi connectivity index (χ0n) is 21.3. The fourth-order valence-electron chi connectivity index (χ4n) is 4.33. The highest BCUT2D eigenvalue weighted by atomic mass is 16.5. The lowest BCUT2D eigenvalue weighted by molar-refractivity contribution is -0.139. The molecule has 1 saturated heterocycles. The molecule has 2 N–H and O–H groups in total. The summed E-state index contributed by atoms with van der Waals surface area (Å²) < 4.78 is 10.7. The number of rotatable bonds is 7. The van der Waals surface area contributed by atoms with E-state index in [1.807, 2.05) is 30.9 Å². The van der Waals surface area contributed by atoms with Crippen LogP contribution in [0.4, 0.5) is 9.59 Å². The van der Waals surface area contributed by atoms with Gasteiger partial charge in [-0.3, -0.25) is 9.80 Å². The highest BCUT2D eigenvalue weighted by Crippen LogP contribution is 2.32. The number of carbonyl (C=O) groups is 3. The second-order valence-corrected chi connectivity index (χ2v) is 9.02. The molecule has 0 radical (unpaired) electrons. The molecule has 2 heterocycles. The van der Waals surface area contributed by atoms with Crippen molar-refractivity contribution in [2.45, 2.75) is 39.3 Å². The Morgan fingerprint density at radius 1 is 1.14 bits per heavy atom. The van der Waals surface area contributed by atoms with Crippen LogP contribution in [0.3, 0.4) is 0 Å². The van der Waals surface area contributed by atoms with Crippen LogP contribution >= 0.6 is 0 Å². The Morgan fingerprint density at radius 3 is 2.49 bits per heavy atom. The molecule has 4 amide bonds. The van der Waals surface area contributed by atoms with E-state index in [9.17, 15) is 14.4 Å². The van der Waals surface area contributed by atoms with Gasteiger partial charge < -0.3 is 25.0 Å². The molecule has 3 rings (SSSR count). The average Bonchev–Trinajstić information content (AvgIpc) is 3.07. The number of urea groups is 2. The zero-order valence-corrected chi connectivity index (χ0v) is 21.3. The zero-order chi connectivity index (χ0) is 25.5. The van der Waals surface area contributed by atoms with Gasteiger partial charge in [0.2, 0.25) is 0 Å². The number of ether oxygens (including phenoxy) is 2. The lowest BCUT2D eigenvalue weighted by Gasteiger charge is -2.36. The molecule has 192 valence electrons. The molecular weight excluding hydrogens is 450 g/mol. The second-order valence-electron chi connectivity index (χ2n) is 9.02. The fraction of sp³-hybridized carbons (Fsp3) is 0.560. The molecule has 1 fully saturated rings. The SMILES string of the molecule is CCOC(=O)C1=C(CN2CCCN(C(=O)NC(C)C)CC2)N(C)C(=O)N[C@@H]1c1ccc(OC)cc1. The van der Waals surface area contributed by atoms with E-state index in [4.69, 9.17) is 9.47 Å². The van der Waals surface area contributed by atoms with Gasteiger partial charge in [-0.15, -0.1) is 0 Å². The van der Waals surface area contributed by atoms with Gasteiger partial charge in [-0.2, -0.15) is 0 Å². The van der Waals surface area contributed by atoms with Crippen molar-refractivity contribution in [1.29, 1.82) is 0 Å². The molecule has 1 aromatic rings. The van der Waals surface area contributed by atoms with Gasteiger partial charge in [-0.1, -0.05) is 12.1 Å². The van der Waals surface area contributed by atoms with Crippen molar-refractivity contribution in [2.75, 3.05) is 53.5 Å². The number of hydrogen-bond acceptors (Lipinski definition) is 6. The monoisotopic (exact) mass is 487 g/mol. The molecule has 1 aromatic carbocycles. The van der Waals surface area contributed by atoms with Crippen LogP contribution in [-0.4, -0.2) is 92.3 Å². The van der Waals surface area contributed by atoms with Crippen molar-refractivity contribution in [1.82, 2.24) is 25.3 Å². The van der Waals surface area contributed by atoms with Gasteiger partial charge >= 0.3 is 18.0 Å². The number of esters is 1. The van der Waals surface area contributed by atoms with Crippen LogP contribution in [0.5, 0.6) is 5.75 Å². The molecular formula is C25H37N5O5. The fourth-order valence-corrected chi connectivity index (χ4v) is 4.33. The van der Waals surface area contributed by atoms with Gasteiger partial charge in [-0.25, -0.2) is 14.4 Å². The summed E-state index contributed by atoms with van der Waals surface area (Å²) in [7, 11) is 3.25. The summed E-state index contributed by atoms with van der Waals surface area (Å²) in [6.07, 6.45) is 0.797. The van der Waals surface area contributed by atoms with E-state index in [2.05, 4.69) is 15.5 Å². The van der Waals surface area contributed by atoms with Crippen molar-refractivity contribution >= 4 is 18.0 Å². The van der Waals surface area contributed by atoms with E-state index in [1.54, 1.807) is 33.2 Å². The Kier molecular flexibility index (Phi) is 8.97. The van der Waals surface area contributed by atoms with Crippen molar-refractivity contribution in [3.05, 3.63) is 41.1 Å².